The molecule has 6 nitrogen and oxygen atoms in total. The van der Waals surface area contributed by atoms with Crippen molar-refractivity contribution in [3.63, 3.8) is 0 Å². The molecule has 2 unspecified atom stereocenters. The van der Waals surface area contributed by atoms with Crippen LogP contribution in [0.15, 0.2) is 41.7 Å². The van der Waals surface area contributed by atoms with Crippen LogP contribution in [0, 0.1) is 10.7 Å². The predicted octanol–water partition coefficient (Wildman–Crippen LogP) is 3.36. The van der Waals surface area contributed by atoms with E-state index in [2.05, 4.69) is 34.9 Å². The van der Waals surface area contributed by atoms with Crippen LogP contribution in [0.4, 0.5) is 5.69 Å². The maximum absolute atomic E-state index is 12.8. The second kappa shape index (κ2) is 7.33. The van der Waals surface area contributed by atoms with E-state index in [-0.39, 0.29) is 11.9 Å². The molecule has 1 amide bonds. The number of amides is 1. The summed E-state index contributed by atoms with van der Waals surface area (Å²) in [4.78, 5) is 17.6. The van der Waals surface area contributed by atoms with Crippen LogP contribution in [0.25, 0.3) is 6.08 Å². The minimum Gasteiger partial charge on any atom is -0.345 e. The van der Waals surface area contributed by atoms with Crippen molar-refractivity contribution >= 4 is 28.5 Å². The fraction of sp³-hybridized carbons (Fsp3) is 0.333. The Labute approximate surface area is 150 Å². The number of fused-ring (bicyclic) bond motifs is 1. The molecule has 0 saturated carbocycles. The van der Waals surface area contributed by atoms with Gasteiger partial charge >= 0.3 is 0 Å². The molecular formula is C18H23N5OS. The van der Waals surface area contributed by atoms with Crippen LogP contribution in [-0.2, 0) is 17.9 Å². The van der Waals surface area contributed by atoms with Crippen LogP contribution in [0.1, 0.15) is 36.3 Å². The number of pyridine rings is 1. The van der Waals surface area contributed by atoms with Crippen LogP contribution >= 0.6 is 0 Å². The van der Waals surface area contributed by atoms with E-state index in [0.29, 0.717) is 17.3 Å². The number of rotatable bonds is 4. The number of carbonyl (C=O) groups is 1. The van der Waals surface area contributed by atoms with Crippen molar-refractivity contribution in [3.8, 4) is 0 Å². The Morgan fingerprint density at radius 3 is 2.84 bits per heavy atom. The van der Waals surface area contributed by atoms with E-state index >= 15 is 0 Å². The van der Waals surface area contributed by atoms with E-state index < -0.39 is 10.9 Å². The molecule has 0 spiro atoms. The number of nitrogens with one attached hydrogen (secondary N) is 3. The SMILES string of the molecule is CC(C)CC1C=Cc2c(cn(C)c2C(=O)Nc2ccncc2)S(=N)N1. The lowest BCUT2D eigenvalue weighted by atomic mass is 10.0. The van der Waals surface area contributed by atoms with Crippen molar-refractivity contribution < 1.29 is 4.79 Å². The quantitative estimate of drug-likeness (QED) is 0.785. The fourth-order valence-electron chi connectivity index (χ4n) is 2.95. The molecule has 0 aromatic carbocycles. The highest BCUT2D eigenvalue weighted by Crippen LogP contribution is 2.26. The molecule has 3 rings (SSSR count). The smallest absolute Gasteiger partial charge is 0.272 e. The van der Waals surface area contributed by atoms with Gasteiger partial charge in [0.15, 0.2) is 0 Å². The maximum atomic E-state index is 12.8. The molecule has 0 saturated heterocycles. The standard InChI is InChI=1S/C18H23N5OS/c1-12(2)10-14-4-5-15-16(25(19)22-14)11-23(3)17(15)18(24)21-13-6-8-20-9-7-13/h4-9,11-12,14H,10H2,1-3H3,(H2,19,22)(H,20,21,24). The summed E-state index contributed by atoms with van der Waals surface area (Å²) in [6.45, 7) is 4.34. The van der Waals surface area contributed by atoms with E-state index in [1.54, 1.807) is 29.1 Å². The summed E-state index contributed by atoms with van der Waals surface area (Å²) in [5.41, 5.74) is 2.10. The molecule has 25 heavy (non-hydrogen) atoms. The molecule has 0 radical (unpaired) electrons. The summed E-state index contributed by atoms with van der Waals surface area (Å²) >= 11 is 0. The van der Waals surface area contributed by atoms with Gasteiger partial charge in [-0.25, -0.2) is 4.72 Å². The highest BCUT2D eigenvalue weighted by Gasteiger charge is 2.24. The largest absolute Gasteiger partial charge is 0.345 e. The average molecular weight is 357 g/mol. The van der Waals surface area contributed by atoms with Crippen molar-refractivity contribution in [3.05, 3.63) is 48.1 Å². The fourth-order valence-corrected chi connectivity index (χ4v) is 4.20. The summed E-state index contributed by atoms with van der Waals surface area (Å²) in [6.07, 6.45) is 10.2. The van der Waals surface area contributed by atoms with Gasteiger partial charge in [0.2, 0.25) is 0 Å². The van der Waals surface area contributed by atoms with Gasteiger partial charge in [-0.1, -0.05) is 26.0 Å². The molecule has 132 valence electrons. The van der Waals surface area contributed by atoms with Crippen molar-refractivity contribution in [1.29, 1.82) is 4.78 Å². The molecule has 2 aromatic rings. The Morgan fingerprint density at radius 2 is 2.16 bits per heavy atom. The van der Waals surface area contributed by atoms with Gasteiger partial charge in [-0.05, 0) is 35.3 Å². The number of hydrogen-bond acceptors (Lipinski definition) is 3. The third kappa shape index (κ3) is 3.88. The zero-order valence-corrected chi connectivity index (χ0v) is 15.4. The van der Waals surface area contributed by atoms with Gasteiger partial charge in [0, 0.05) is 42.9 Å². The van der Waals surface area contributed by atoms with Crippen molar-refractivity contribution in [1.82, 2.24) is 14.3 Å². The first-order valence-corrected chi connectivity index (χ1v) is 9.48. The number of carbonyl (C=O) groups excluding carboxylic acids is 1. The average Bonchev–Trinajstić information content (AvgIpc) is 2.82. The number of nitrogens with zero attached hydrogens (tertiary/aromatic N) is 2. The molecule has 3 heterocycles. The van der Waals surface area contributed by atoms with Gasteiger partial charge in [-0.3, -0.25) is 14.6 Å². The molecule has 0 aliphatic carbocycles. The van der Waals surface area contributed by atoms with Gasteiger partial charge in [0.25, 0.3) is 5.91 Å². The van der Waals surface area contributed by atoms with E-state index in [1.165, 1.54) is 0 Å². The third-order valence-corrected chi connectivity index (χ3v) is 5.35. The normalized spacial score (nSPS) is 19.5. The Morgan fingerprint density at radius 1 is 1.44 bits per heavy atom. The monoisotopic (exact) mass is 357 g/mol. The Bertz CT molecular complexity index is 825. The molecule has 1 aliphatic heterocycles. The van der Waals surface area contributed by atoms with Crippen molar-refractivity contribution in [2.24, 2.45) is 13.0 Å². The first-order chi connectivity index (χ1) is 12.0. The molecule has 2 atom stereocenters. The van der Waals surface area contributed by atoms with Crippen molar-refractivity contribution in [2.75, 3.05) is 5.32 Å². The van der Waals surface area contributed by atoms with Crippen molar-refractivity contribution in [2.45, 2.75) is 31.2 Å². The van der Waals surface area contributed by atoms with Crippen LogP contribution < -0.4 is 10.0 Å². The number of aryl methyl sites for hydroxylation is 1. The highest BCUT2D eigenvalue weighted by atomic mass is 32.2. The van der Waals surface area contributed by atoms with Gasteiger partial charge in [-0.15, -0.1) is 0 Å². The molecule has 3 N–H and O–H groups in total. The Kier molecular flexibility index (Phi) is 5.15. The third-order valence-electron chi connectivity index (χ3n) is 4.05. The summed E-state index contributed by atoms with van der Waals surface area (Å²) in [6, 6.07) is 3.66. The lowest BCUT2D eigenvalue weighted by Gasteiger charge is -2.16. The number of aromatic nitrogens is 2. The first-order valence-electron chi connectivity index (χ1n) is 8.26. The number of hydrogen-bond donors (Lipinski definition) is 3. The lowest BCUT2D eigenvalue weighted by molar-refractivity contribution is 0.101. The zero-order chi connectivity index (χ0) is 18.0. The van der Waals surface area contributed by atoms with Crippen LogP contribution in [-0.4, -0.2) is 21.5 Å². The summed E-state index contributed by atoms with van der Waals surface area (Å²) in [7, 11) is 0.985. The highest BCUT2D eigenvalue weighted by molar-refractivity contribution is 7.84. The van der Waals surface area contributed by atoms with E-state index in [0.717, 1.165) is 16.9 Å². The van der Waals surface area contributed by atoms with Crippen LogP contribution in [0.2, 0.25) is 0 Å². The minimum absolute atomic E-state index is 0.148. The van der Waals surface area contributed by atoms with E-state index in [4.69, 9.17) is 4.78 Å². The molecule has 1 aliphatic rings. The molecular weight excluding hydrogens is 334 g/mol. The first kappa shape index (κ1) is 17.6. The molecule has 0 bridgehead atoms. The number of anilines is 1. The predicted molar refractivity (Wildman–Crippen MR) is 101 cm³/mol. The molecule has 0 fully saturated rings. The molecule has 7 heteroatoms. The topological polar surface area (TPSA) is 82.8 Å². The summed E-state index contributed by atoms with van der Waals surface area (Å²) in [5, 5.41) is 2.90. The van der Waals surface area contributed by atoms with Gasteiger partial charge in [0.05, 0.1) is 4.90 Å². The Balaban J connectivity index is 1.92. The van der Waals surface area contributed by atoms with E-state index in [1.807, 2.05) is 19.3 Å². The maximum Gasteiger partial charge on any atom is 0.272 e. The summed E-state index contributed by atoms with van der Waals surface area (Å²) in [5.74, 6) is 0.357. The van der Waals surface area contributed by atoms with Crippen LogP contribution in [0.3, 0.4) is 0 Å². The van der Waals surface area contributed by atoms with Gasteiger partial charge < -0.3 is 9.88 Å². The van der Waals surface area contributed by atoms with Crippen LogP contribution in [0.5, 0.6) is 0 Å². The summed E-state index contributed by atoms with van der Waals surface area (Å²) < 4.78 is 13.6. The zero-order valence-electron chi connectivity index (χ0n) is 14.6. The minimum atomic E-state index is -0.855. The second-order valence-electron chi connectivity index (χ2n) is 6.58. The van der Waals surface area contributed by atoms with Gasteiger partial charge in [0.1, 0.15) is 5.69 Å². The van der Waals surface area contributed by atoms with Gasteiger partial charge in [-0.2, -0.15) is 0 Å². The lowest BCUT2D eigenvalue weighted by Crippen LogP contribution is -2.28. The molecule has 2 aromatic heterocycles. The second-order valence-corrected chi connectivity index (χ2v) is 7.86. The van der Waals surface area contributed by atoms with E-state index in [9.17, 15) is 4.79 Å². The Hall–Kier alpha value is -2.25.